The summed E-state index contributed by atoms with van der Waals surface area (Å²) in [5.74, 6) is 1.80. The summed E-state index contributed by atoms with van der Waals surface area (Å²) in [5, 5.41) is 0.780. The summed E-state index contributed by atoms with van der Waals surface area (Å²) in [6, 6.07) is 8.04. The van der Waals surface area contributed by atoms with Crippen molar-refractivity contribution in [3.63, 3.8) is 0 Å². The van der Waals surface area contributed by atoms with Crippen LogP contribution in [0.2, 0.25) is 5.02 Å². The Morgan fingerprint density at radius 1 is 1.17 bits per heavy atom. The van der Waals surface area contributed by atoms with E-state index in [4.69, 9.17) is 11.6 Å². The zero-order valence-electron chi connectivity index (χ0n) is 17.7. The number of rotatable bonds is 5. The van der Waals surface area contributed by atoms with Crippen molar-refractivity contribution >= 4 is 34.4 Å². The molecule has 4 rings (SSSR count). The first-order valence-corrected chi connectivity index (χ1v) is 11.7. The molecule has 7 heteroatoms. The first kappa shape index (κ1) is 23.5. The largest absolute Gasteiger partial charge is 0.355 e. The number of fused-ring (bicyclic) bond motifs is 1. The molecule has 0 radical (unpaired) electrons. The number of nitrogens with one attached hydrogen (secondary N) is 2. The zero-order valence-corrected chi connectivity index (χ0v) is 19.2. The van der Waals surface area contributed by atoms with Gasteiger partial charge in [-0.25, -0.2) is 4.98 Å². The highest BCUT2D eigenvalue weighted by Crippen LogP contribution is 2.28. The highest BCUT2D eigenvalue weighted by Gasteiger charge is 2.23. The van der Waals surface area contributed by atoms with Gasteiger partial charge in [0.1, 0.15) is 5.52 Å². The van der Waals surface area contributed by atoms with Gasteiger partial charge in [-0.1, -0.05) is 39.3 Å². The molecule has 158 valence electrons. The number of aromatic nitrogens is 3. The van der Waals surface area contributed by atoms with E-state index in [1.807, 2.05) is 57.8 Å². The fraction of sp³-hybridized carbons (Fsp3) is 0.455. The smallest absolute Gasteiger partial charge is 0.275 e. The van der Waals surface area contributed by atoms with E-state index in [9.17, 15) is 4.79 Å². The third-order valence-corrected chi connectivity index (χ3v) is 6.11. The van der Waals surface area contributed by atoms with Crippen molar-refractivity contribution in [3.05, 3.63) is 57.7 Å². The molecule has 1 fully saturated rings. The van der Waals surface area contributed by atoms with Crippen molar-refractivity contribution in [2.45, 2.75) is 45.6 Å². The summed E-state index contributed by atoms with van der Waals surface area (Å²) in [4.78, 5) is 25.4. The SMILES string of the molecule is CC.CC.O=c1[nH]cnc2c(CN3CC[C@@H](CSc4ccc(Cl)cc4)C3)c[nH]c12. The average Bonchev–Trinajstić information content (AvgIpc) is 3.39. The maximum atomic E-state index is 11.8. The predicted molar refractivity (Wildman–Crippen MR) is 125 cm³/mol. The molecule has 1 saturated heterocycles. The van der Waals surface area contributed by atoms with Crippen LogP contribution in [0.25, 0.3) is 11.0 Å². The van der Waals surface area contributed by atoms with Crippen LogP contribution >= 0.6 is 23.4 Å². The van der Waals surface area contributed by atoms with Crippen LogP contribution in [-0.4, -0.2) is 38.7 Å². The van der Waals surface area contributed by atoms with Crippen LogP contribution < -0.4 is 5.56 Å². The van der Waals surface area contributed by atoms with Crippen LogP contribution in [0.1, 0.15) is 39.7 Å². The van der Waals surface area contributed by atoms with E-state index < -0.39 is 0 Å². The molecule has 3 aromatic rings. The van der Waals surface area contributed by atoms with Gasteiger partial charge >= 0.3 is 0 Å². The van der Waals surface area contributed by atoms with Crippen molar-refractivity contribution in [3.8, 4) is 0 Å². The van der Waals surface area contributed by atoms with E-state index in [0.29, 0.717) is 11.4 Å². The van der Waals surface area contributed by atoms with Gasteiger partial charge in [0.2, 0.25) is 0 Å². The van der Waals surface area contributed by atoms with Gasteiger partial charge in [0.25, 0.3) is 5.56 Å². The van der Waals surface area contributed by atoms with Gasteiger partial charge in [0, 0.05) is 40.5 Å². The molecular weight excluding hydrogens is 404 g/mol. The molecule has 1 aromatic carbocycles. The molecule has 3 heterocycles. The lowest BCUT2D eigenvalue weighted by atomic mass is 10.2. The van der Waals surface area contributed by atoms with Crippen LogP contribution in [0.5, 0.6) is 0 Å². The number of aromatic amines is 2. The van der Waals surface area contributed by atoms with E-state index in [2.05, 4.69) is 32.0 Å². The summed E-state index contributed by atoms with van der Waals surface area (Å²) in [6.07, 6.45) is 4.58. The average molecular weight is 435 g/mol. The third-order valence-electron chi connectivity index (χ3n) is 4.61. The summed E-state index contributed by atoms with van der Waals surface area (Å²) >= 11 is 7.82. The predicted octanol–water partition coefficient (Wildman–Crippen LogP) is 5.57. The minimum Gasteiger partial charge on any atom is -0.355 e. The first-order chi connectivity index (χ1) is 14.2. The van der Waals surface area contributed by atoms with Crippen LogP contribution in [0, 0.1) is 5.92 Å². The monoisotopic (exact) mass is 434 g/mol. The lowest BCUT2D eigenvalue weighted by Crippen LogP contribution is -2.20. The van der Waals surface area contributed by atoms with Crippen molar-refractivity contribution in [1.82, 2.24) is 19.9 Å². The van der Waals surface area contributed by atoms with Crippen LogP contribution in [0.4, 0.5) is 0 Å². The Morgan fingerprint density at radius 3 is 2.62 bits per heavy atom. The Kier molecular flexibility index (Phi) is 9.78. The minimum absolute atomic E-state index is 0.116. The standard InChI is InChI=1S/C18H19ClN4OS.2C2H6/c19-14-1-3-15(4-2-14)25-10-12-5-6-23(8-12)9-13-7-20-17-16(13)21-11-22-18(17)24;2*1-2/h1-4,7,11-12,20H,5-6,8-10H2,(H,21,22,24);2*1-2H3/t12-;;/m1../s1. The highest BCUT2D eigenvalue weighted by atomic mass is 35.5. The second kappa shape index (κ2) is 12.1. The van der Waals surface area contributed by atoms with Crippen molar-refractivity contribution in [2.24, 2.45) is 5.92 Å². The molecule has 2 aromatic heterocycles. The van der Waals surface area contributed by atoms with E-state index in [0.717, 1.165) is 41.5 Å². The molecule has 5 nitrogen and oxygen atoms in total. The summed E-state index contributed by atoms with van der Waals surface area (Å²) in [5.41, 5.74) is 2.32. The zero-order chi connectivity index (χ0) is 21.2. The van der Waals surface area contributed by atoms with Gasteiger partial charge in [-0.2, -0.15) is 0 Å². The Hall–Kier alpha value is -1.76. The van der Waals surface area contributed by atoms with Crippen molar-refractivity contribution in [2.75, 3.05) is 18.8 Å². The lowest BCUT2D eigenvalue weighted by Gasteiger charge is -2.15. The van der Waals surface area contributed by atoms with E-state index in [-0.39, 0.29) is 5.56 Å². The van der Waals surface area contributed by atoms with Gasteiger partial charge in [-0.15, -0.1) is 11.8 Å². The van der Waals surface area contributed by atoms with Gasteiger partial charge in [0.15, 0.2) is 0 Å². The van der Waals surface area contributed by atoms with Gasteiger partial charge in [-0.05, 0) is 43.1 Å². The number of nitrogens with zero attached hydrogens (tertiary/aromatic N) is 2. The number of halogens is 1. The molecule has 1 aliphatic heterocycles. The Balaban J connectivity index is 0.000000707. The van der Waals surface area contributed by atoms with E-state index in [1.54, 1.807) is 0 Å². The molecular formula is C22H31ClN4OS. The maximum Gasteiger partial charge on any atom is 0.275 e. The van der Waals surface area contributed by atoms with Crippen molar-refractivity contribution in [1.29, 1.82) is 0 Å². The molecule has 2 N–H and O–H groups in total. The topological polar surface area (TPSA) is 64.8 Å². The Labute approximate surface area is 182 Å². The van der Waals surface area contributed by atoms with Crippen LogP contribution in [0.15, 0.2) is 46.5 Å². The maximum absolute atomic E-state index is 11.8. The normalized spacial score (nSPS) is 16.1. The molecule has 29 heavy (non-hydrogen) atoms. The quantitative estimate of drug-likeness (QED) is 0.515. The molecule has 0 unspecified atom stereocenters. The molecule has 0 spiro atoms. The lowest BCUT2D eigenvalue weighted by molar-refractivity contribution is 0.322. The fourth-order valence-corrected chi connectivity index (χ4v) is 4.46. The van der Waals surface area contributed by atoms with E-state index >= 15 is 0 Å². The Morgan fingerprint density at radius 2 is 1.90 bits per heavy atom. The third kappa shape index (κ3) is 6.36. The summed E-state index contributed by atoms with van der Waals surface area (Å²) in [7, 11) is 0. The number of thioether (sulfide) groups is 1. The number of benzene rings is 1. The fourth-order valence-electron chi connectivity index (χ4n) is 3.30. The number of hydrogen-bond acceptors (Lipinski definition) is 4. The molecule has 0 aliphatic carbocycles. The van der Waals surface area contributed by atoms with Crippen LogP contribution in [-0.2, 0) is 6.54 Å². The number of hydrogen-bond donors (Lipinski definition) is 2. The van der Waals surface area contributed by atoms with Gasteiger partial charge in [-0.3, -0.25) is 9.69 Å². The number of likely N-dealkylation sites (tertiary alicyclic amines) is 1. The molecule has 1 aliphatic rings. The minimum atomic E-state index is -0.116. The first-order valence-electron chi connectivity index (χ1n) is 10.3. The molecule has 1 atom stereocenters. The molecule has 0 bridgehead atoms. The van der Waals surface area contributed by atoms with Crippen LogP contribution in [0.3, 0.4) is 0 Å². The highest BCUT2D eigenvalue weighted by molar-refractivity contribution is 7.99. The second-order valence-corrected chi connectivity index (χ2v) is 7.95. The van der Waals surface area contributed by atoms with Crippen molar-refractivity contribution < 1.29 is 0 Å². The second-order valence-electron chi connectivity index (χ2n) is 6.42. The molecule has 0 saturated carbocycles. The molecule has 0 amide bonds. The Bertz CT molecular complexity index is 922. The number of H-pyrrole nitrogens is 2. The van der Waals surface area contributed by atoms with Gasteiger partial charge in [0.05, 0.1) is 11.8 Å². The summed E-state index contributed by atoms with van der Waals surface area (Å²) < 4.78 is 0. The summed E-state index contributed by atoms with van der Waals surface area (Å²) in [6.45, 7) is 11.0. The van der Waals surface area contributed by atoms with Gasteiger partial charge < -0.3 is 9.97 Å². The van der Waals surface area contributed by atoms with E-state index in [1.165, 1.54) is 17.6 Å².